The van der Waals surface area contributed by atoms with Gasteiger partial charge in [0.15, 0.2) is 0 Å². The monoisotopic (exact) mass is 298 g/mol. The molecule has 21 heavy (non-hydrogen) atoms. The first-order valence-electron chi connectivity index (χ1n) is 7.93. The Hall–Kier alpha value is -0.760. The van der Waals surface area contributed by atoms with Crippen molar-refractivity contribution < 1.29 is 9.66 Å². The van der Waals surface area contributed by atoms with E-state index in [-0.39, 0.29) is 16.6 Å². The van der Waals surface area contributed by atoms with Gasteiger partial charge in [0, 0.05) is 42.6 Å². The van der Waals surface area contributed by atoms with Crippen LogP contribution in [0.5, 0.6) is 0 Å². The molecule has 7 heteroatoms. The van der Waals surface area contributed by atoms with E-state index >= 15 is 0 Å². The van der Waals surface area contributed by atoms with E-state index in [2.05, 4.69) is 29.2 Å². The summed E-state index contributed by atoms with van der Waals surface area (Å²) in [5.41, 5.74) is 0.226. The van der Waals surface area contributed by atoms with Crippen molar-refractivity contribution >= 4 is 0 Å². The molecule has 120 valence electrons. The SMILES string of the molecule is CN(C)C1(C2CN(C3CCC([N+](=O)[O-])NC3)CCO2)CC1. The fourth-order valence-corrected chi connectivity index (χ4v) is 3.83. The Morgan fingerprint density at radius 3 is 2.67 bits per heavy atom. The van der Waals surface area contributed by atoms with E-state index in [1.54, 1.807) is 0 Å². The van der Waals surface area contributed by atoms with E-state index in [4.69, 9.17) is 4.74 Å². The van der Waals surface area contributed by atoms with Gasteiger partial charge >= 0.3 is 0 Å². The first-order chi connectivity index (χ1) is 10.0. The zero-order chi connectivity index (χ0) is 15.0. The number of piperidine rings is 1. The number of nitrogens with zero attached hydrogens (tertiary/aromatic N) is 3. The van der Waals surface area contributed by atoms with Gasteiger partial charge in [-0.25, -0.2) is 0 Å². The number of nitro groups is 1. The molecular weight excluding hydrogens is 272 g/mol. The van der Waals surface area contributed by atoms with Crippen LogP contribution in [-0.2, 0) is 4.74 Å². The first-order valence-corrected chi connectivity index (χ1v) is 7.93. The van der Waals surface area contributed by atoms with Crippen LogP contribution < -0.4 is 5.32 Å². The van der Waals surface area contributed by atoms with Gasteiger partial charge in [-0.2, -0.15) is 0 Å². The fraction of sp³-hybridized carbons (Fsp3) is 1.00. The normalized spacial score (nSPS) is 36.6. The highest BCUT2D eigenvalue weighted by molar-refractivity contribution is 5.09. The van der Waals surface area contributed by atoms with Crippen LogP contribution in [0.25, 0.3) is 0 Å². The molecule has 0 aromatic carbocycles. The van der Waals surface area contributed by atoms with Gasteiger partial charge in [-0.05, 0) is 33.4 Å². The van der Waals surface area contributed by atoms with Crippen LogP contribution in [0.2, 0.25) is 0 Å². The number of hydrogen-bond donors (Lipinski definition) is 1. The standard InChI is InChI=1S/C14H26N4O3/c1-16(2)14(5-6-14)12-10-17(7-8-21-12)11-3-4-13(15-9-11)18(19)20/h11-13,15H,3-10H2,1-2H3. The van der Waals surface area contributed by atoms with Crippen LogP contribution in [0.3, 0.4) is 0 Å². The summed E-state index contributed by atoms with van der Waals surface area (Å²) in [5, 5.41) is 13.9. The van der Waals surface area contributed by atoms with Gasteiger partial charge in [0.2, 0.25) is 0 Å². The minimum atomic E-state index is -0.561. The molecule has 2 aliphatic heterocycles. The highest BCUT2D eigenvalue weighted by Gasteiger charge is 2.53. The quantitative estimate of drug-likeness (QED) is 0.588. The molecule has 3 unspecified atom stereocenters. The molecule has 0 aromatic rings. The molecule has 1 saturated carbocycles. The molecule has 0 aromatic heterocycles. The van der Waals surface area contributed by atoms with Gasteiger partial charge in [-0.1, -0.05) is 0 Å². The lowest BCUT2D eigenvalue weighted by molar-refractivity contribution is -0.532. The molecule has 3 aliphatic rings. The molecule has 1 N–H and O–H groups in total. The Bertz CT molecular complexity index is 392. The minimum Gasteiger partial charge on any atom is -0.374 e. The molecule has 3 atom stereocenters. The molecule has 2 heterocycles. The van der Waals surface area contributed by atoms with Gasteiger partial charge in [0.1, 0.15) is 0 Å². The maximum atomic E-state index is 10.8. The number of ether oxygens (including phenoxy) is 1. The second kappa shape index (κ2) is 5.79. The summed E-state index contributed by atoms with van der Waals surface area (Å²) in [5.74, 6) is 0. The lowest BCUT2D eigenvalue weighted by Gasteiger charge is -2.44. The van der Waals surface area contributed by atoms with E-state index in [1.165, 1.54) is 12.8 Å². The van der Waals surface area contributed by atoms with Gasteiger partial charge in [-0.15, -0.1) is 0 Å². The summed E-state index contributed by atoms with van der Waals surface area (Å²) in [6.07, 6.45) is 3.67. The van der Waals surface area contributed by atoms with E-state index in [9.17, 15) is 10.1 Å². The van der Waals surface area contributed by atoms with Crippen molar-refractivity contribution in [1.29, 1.82) is 0 Å². The van der Waals surface area contributed by atoms with Crippen LogP contribution >= 0.6 is 0 Å². The van der Waals surface area contributed by atoms with Gasteiger partial charge in [0.25, 0.3) is 6.17 Å². The Balaban J connectivity index is 1.56. The van der Waals surface area contributed by atoms with Crippen molar-refractivity contribution in [3.05, 3.63) is 10.1 Å². The largest absolute Gasteiger partial charge is 0.374 e. The van der Waals surface area contributed by atoms with Gasteiger partial charge < -0.3 is 9.64 Å². The van der Waals surface area contributed by atoms with Gasteiger partial charge in [-0.3, -0.25) is 20.3 Å². The molecule has 2 saturated heterocycles. The maximum Gasteiger partial charge on any atom is 0.266 e. The summed E-state index contributed by atoms with van der Waals surface area (Å²) in [7, 11) is 4.28. The average Bonchev–Trinajstić information content (AvgIpc) is 3.29. The topological polar surface area (TPSA) is 70.9 Å². The van der Waals surface area contributed by atoms with Crippen molar-refractivity contribution in [1.82, 2.24) is 15.1 Å². The number of nitrogens with one attached hydrogen (secondary N) is 1. The second-order valence-electron chi connectivity index (χ2n) is 6.79. The van der Waals surface area contributed by atoms with Gasteiger partial charge in [0.05, 0.1) is 12.7 Å². The zero-order valence-electron chi connectivity index (χ0n) is 13.0. The molecule has 7 nitrogen and oxygen atoms in total. The predicted molar refractivity (Wildman–Crippen MR) is 78.8 cm³/mol. The molecule has 3 rings (SSSR count). The summed E-state index contributed by atoms with van der Waals surface area (Å²) in [6, 6.07) is 0.408. The van der Waals surface area contributed by atoms with Crippen molar-refractivity contribution in [2.75, 3.05) is 40.3 Å². The van der Waals surface area contributed by atoms with Crippen molar-refractivity contribution in [2.45, 2.75) is 49.5 Å². The van der Waals surface area contributed by atoms with Crippen LogP contribution in [-0.4, -0.2) is 78.9 Å². The Morgan fingerprint density at radius 2 is 2.14 bits per heavy atom. The first kappa shape index (κ1) is 15.1. The van der Waals surface area contributed by atoms with E-state index in [0.29, 0.717) is 19.0 Å². The Kier molecular flexibility index (Phi) is 4.18. The second-order valence-corrected chi connectivity index (χ2v) is 6.79. The summed E-state index contributed by atoms with van der Waals surface area (Å²) in [4.78, 5) is 15.4. The molecule has 0 amide bonds. The molecule has 0 radical (unpaired) electrons. The van der Waals surface area contributed by atoms with E-state index in [1.807, 2.05) is 0 Å². The Labute approximate surface area is 125 Å². The fourth-order valence-electron chi connectivity index (χ4n) is 3.83. The third kappa shape index (κ3) is 2.92. The Morgan fingerprint density at radius 1 is 1.38 bits per heavy atom. The van der Waals surface area contributed by atoms with Crippen molar-refractivity contribution in [2.24, 2.45) is 0 Å². The molecule has 3 fully saturated rings. The van der Waals surface area contributed by atoms with Crippen LogP contribution in [0, 0.1) is 10.1 Å². The molecular formula is C14H26N4O3. The third-order valence-corrected chi connectivity index (χ3v) is 5.48. The van der Waals surface area contributed by atoms with E-state index < -0.39 is 6.17 Å². The van der Waals surface area contributed by atoms with E-state index in [0.717, 1.165) is 26.1 Å². The predicted octanol–water partition coefficient (Wildman–Crippen LogP) is 0.136. The molecule has 1 aliphatic carbocycles. The number of rotatable bonds is 4. The number of likely N-dealkylation sites (N-methyl/N-ethyl adjacent to an activating group) is 1. The summed E-state index contributed by atoms with van der Waals surface area (Å²) >= 11 is 0. The highest BCUT2D eigenvalue weighted by atomic mass is 16.6. The van der Waals surface area contributed by atoms with Crippen molar-refractivity contribution in [3.8, 4) is 0 Å². The maximum absolute atomic E-state index is 10.8. The van der Waals surface area contributed by atoms with Crippen LogP contribution in [0.15, 0.2) is 0 Å². The van der Waals surface area contributed by atoms with Crippen LogP contribution in [0.4, 0.5) is 0 Å². The molecule has 0 bridgehead atoms. The smallest absolute Gasteiger partial charge is 0.266 e. The highest BCUT2D eigenvalue weighted by Crippen LogP contribution is 2.45. The number of hydrogen-bond acceptors (Lipinski definition) is 6. The van der Waals surface area contributed by atoms with Crippen molar-refractivity contribution in [3.63, 3.8) is 0 Å². The lowest BCUT2D eigenvalue weighted by Crippen LogP contribution is -2.59. The zero-order valence-corrected chi connectivity index (χ0v) is 13.0. The average molecular weight is 298 g/mol. The van der Waals surface area contributed by atoms with Crippen LogP contribution in [0.1, 0.15) is 25.7 Å². The number of morpholine rings is 1. The lowest BCUT2D eigenvalue weighted by atomic mass is 10.00. The minimum absolute atomic E-state index is 0.205. The molecule has 0 spiro atoms. The summed E-state index contributed by atoms with van der Waals surface area (Å²) in [6.45, 7) is 3.38. The summed E-state index contributed by atoms with van der Waals surface area (Å²) < 4.78 is 6.03. The third-order valence-electron chi connectivity index (χ3n) is 5.48.